The Bertz CT molecular complexity index is 550. The largest absolute Gasteiger partial charge is 0.462 e. The van der Waals surface area contributed by atoms with Crippen molar-refractivity contribution in [3.63, 3.8) is 0 Å². The lowest BCUT2D eigenvalue weighted by Crippen LogP contribution is -2.21. The molecule has 3 N–H and O–H groups in total. The highest BCUT2D eigenvalue weighted by Gasteiger charge is 2.28. The summed E-state index contributed by atoms with van der Waals surface area (Å²) in [6.45, 7) is 2.80. The molecule has 1 heterocycles. The summed E-state index contributed by atoms with van der Waals surface area (Å²) in [5.74, 6) is -0.0405. The summed E-state index contributed by atoms with van der Waals surface area (Å²) in [6.07, 6.45) is 2.40. The zero-order valence-corrected chi connectivity index (χ0v) is 13.4. The van der Waals surface area contributed by atoms with Crippen molar-refractivity contribution in [2.45, 2.75) is 19.8 Å². The number of nitrogens with two attached hydrogens (primary N) is 1. The molecule has 0 saturated heterocycles. The summed E-state index contributed by atoms with van der Waals surface area (Å²) < 4.78 is 5.05. The minimum absolute atomic E-state index is 0.204. The van der Waals surface area contributed by atoms with Gasteiger partial charge in [0.15, 0.2) is 0 Å². The first-order chi connectivity index (χ1) is 9.95. The fourth-order valence-electron chi connectivity index (χ4n) is 1.90. The molecule has 21 heavy (non-hydrogen) atoms. The van der Waals surface area contributed by atoms with Gasteiger partial charge in [-0.05, 0) is 25.7 Å². The molecule has 0 radical (unpaired) electrons. The molecule has 1 saturated carbocycles. The monoisotopic (exact) mass is 311 g/mol. The number of nitrogens with one attached hydrogen (secondary N) is 1. The standard InChI is InChI=1S/C14H21N3O3S/c1-4-20-14(19)9-10(15)11(13(18)17(2)3)21-12(9)16-7-8-5-6-8/h8,16H,4-7,15H2,1-3H3. The average Bonchev–Trinajstić information content (AvgIpc) is 3.19. The minimum Gasteiger partial charge on any atom is -0.462 e. The van der Waals surface area contributed by atoms with Crippen molar-refractivity contribution < 1.29 is 14.3 Å². The third kappa shape index (κ3) is 3.47. The molecular weight excluding hydrogens is 290 g/mol. The number of nitrogens with zero attached hydrogens (tertiary/aromatic N) is 1. The van der Waals surface area contributed by atoms with Gasteiger partial charge >= 0.3 is 5.97 Å². The predicted molar refractivity (Wildman–Crippen MR) is 83.9 cm³/mol. The van der Waals surface area contributed by atoms with Gasteiger partial charge in [-0.3, -0.25) is 4.79 Å². The van der Waals surface area contributed by atoms with Gasteiger partial charge in [-0.2, -0.15) is 0 Å². The number of rotatable bonds is 6. The van der Waals surface area contributed by atoms with E-state index in [-0.39, 0.29) is 23.8 Å². The normalized spacial score (nSPS) is 13.9. The Kier molecular flexibility index (Phi) is 4.72. The molecule has 0 spiro atoms. The van der Waals surface area contributed by atoms with Crippen molar-refractivity contribution in [2.24, 2.45) is 5.92 Å². The van der Waals surface area contributed by atoms with E-state index in [0.29, 0.717) is 15.8 Å². The van der Waals surface area contributed by atoms with Crippen LogP contribution >= 0.6 is 11.3 Å². The zero-order chi connectivity index (χ0) is 15.6. The second-order valence-corrected chi connectivity index (χ2v) is 6.31. The van der Waals surface area contributed by atoms with Crippen LogP contribution in [0.25, 0.3) is 0 Å². The van der Waals surface area contributed by atoms with Gasteiger partial charge in [-0.15, -0.1) is 11.3 Å². The van der Waals surface area contributed by atoms with Gasteiger partial charge in [-0.1, -0.05) is 0 Å². The molecule has 1 fully saturated rings. The van der Waals surface area contributed by atoms with Crippen LogP contribution in [-0.4, -0.2) is 44.0 Å². The maximum absolute atomic E-state index is 12.1. The van der Waals surface area contributed by atoms with Gasteiger partial charge in [-0.25, -0.2) is 4.79 Å². The lowest BCUT2D eigenvalue weighted by molar-refractivity contribution is 0.0529. The van der Waals surface area contributed by atoms with Crippen LogP contribution in [0.4, 0.5) is 10.7 Å². The Labute approximate surface area is 128 Å². The molecule has 0 atom stereocenters. The van der Waals surface area contributed by atoms with Crippen LogP contribution in [-0.2, 0) is 4.74 Å². The molecule has 2 rings (SSSR count). The molecule has 1 aliphatic carbocycles. The number of amides is 1. The third-order valence-corrected chi connectivity index (χ3v) is 4.42. The molecule has 1 aromatic heterocycles. The number of esters is 1. The molecule has 0 unspecified atom stereocenters. The minimum atomic E-state index is -0.484. The van der Waals surface area contributed by atoms with Crippen LogP contribution < -0.4 is 11.1 Å². The smallest absolute Gasteiger partial charge is 0.343 e. The molecule has 1 amide bonds. The number of carbonyl (C=O) groups excluding carboxylic acids is 2. The number of thiophene rings is 1. The van der Waals surface area contributed by atoms with Crippen molar-refractivity contribution >= 4 is 33.9 Å². The molecule has 0 aliphatic heterocycles. The Morgan fingerprint density at radius 1 is 1.43 bits per heavy atom. The quantitative estimate of drug-likeness (QED) is 0.785. The molecule has 1 aliphatic rings. The Balaban J connectivity index is 2.32. The molecule has 0 aromatic carbocycles. The van der Waals surface area contributed by atoms with E-state index in [2.05, 4.69) is 5.32 Å². The van der Waals surface area contributed by atoms with Gasteiger partial charge in [0.2, 0.25) is 0 Å². The summed E-state index contributed by atoms with van der Waals surface area (Å²) in [5.41, 5.74) is 6.51. The van der Waals surface area contributed by atoms with Gasteiger partial charge < -0.3 is 20.7 Å². The molecule has 1 aromatic rings. The van der Waals surface area contributed by atoms with Crippen LogP contribution in [0.3, 0.4) is 0 Å². The number of anilines is 2. The van der Waals surface area contributed by atoms with E-state index in [0.717, 1.165) is 6.54 Å². The Morgan fingerprint density at radius 3 is 2.62 bits per heavy atom. The van der Waals surface area contributed by atoms with Gasteiger partial charge in [0, 0.05) is 20.6 Å². The van der Waals surface area contributed by atoms with E-state index >= 15 is 0 Å². The van der Waals surface area contributed by atoms with E-state index in [1.807, 2.05) is 0 Å². The summed E-state index contributed by atoms with van der Waals surface area (Å²) in [7, 11) is 3.31. The molecular formula is C14H21N3O3S. The van der Waals surface area contributed by atoms with E-state index in [1.54, 1.807) is 21.0 Å². The SMILES string of the molecule is CCOC(=O)c1c(NCC2CC2)sc(C(=O)N(C)C)c1N. The first-order valence-corrected chi connectivity index (χ1v) is 7.82. The van der Waals surface area contributed by atoms with Crippen LogP contribution in [0, 0.1) is 5.92 Å². The van der Waals surface area contributed by atoms with E-state index in [4.69, 9.17) is 10.5 Å². The lowest BCUT2D eigenvalue weighted by atomic mass is 10.2. The van der Waals surface area contributed by atoms with Gasteiger partial charge in [0.1, 0.15) is 15.4 Å². The second-order valence-electron chi connectivity index (χ2n) is 5.29. The number of hydrogen-bond donors (Lipinski definition) is 2. The van der Waals surface area contributed by atoms with Crippen molar-refractivity contribution in [1.29, 1.82) is 0 Å². The number of ether oxygens (including phenoxy) is 1. The van der Waals surface area contributed by atoms with Crippen molar-refractivity contribution in [3.8, 4) is 0 Å². The zero-order valence-electron chi connectivity index (χ0n) is 12.6. The van der Waals surface area contributed by atoms with Crippen LogP contribution in [0.15, 0.2) is 0 Å². The van der Waals surface area contributed by atoms with Crippen molar-refractivity contribution in [3.05, 3.63) is 10.4 Å². The fraction of sp³-hybridized carbons (Fsp3) is 0.571. The topological polar surface area (TPSA) is 84.7 Å². The maximum Gasteiger partial charge on any atom is 0.343 e. The van der Waals surface area contributed by atoms with Gasteiger partial charge in [0.05, 0.1) is 12.3 Å². The third-order valence-electron chi connectivity index (χ3n) is 3.27. The van der Waals surface area contributed by atoms with Crippen LogP contribution in [0.5, 0.6) is 0 Å². The summed E-state index contributed by atoms with van der Waals surface area (Å²) in [4.78, 5) is 26.1. The predicted octanol–water partition coefficient (Wildman–Crippen LogP) is 2.03. The Morgan fingerprint density at radius 2 is 2.10 bits per heavy atom. The first-order valence-electron chi connectivity index (χ1n) is 7.00. The highest BCUT2D eigenvalue weighted by atomic mass is 32.1. The summed E-state index contributed by atoms with van der Waals surface area (Å²) in [6, 6.07) is 0. The van der Waals surface area contributed by atoms with Crippen molar-refractivity contribution in [2.75, 3.05) is 38.3 Å². The lowest BCUT2D eigenvalue weighted by Gasteiger charge is -2.09. The number of nitrogen functional groups attached to an aromatic ring is 1. The highest BCUT2D eigenvalue weighted by molar-refractivity contribution is 7.19. The number of carbonyl (C=O) groups is 2. The van der Waals surface area contributed by atoms with E-state index < -0.39 is 5.97 Å². The Hall–Kier alpha value is -1.76. The average molecular weight is 311 g/mol. The molecule has 0 bridgehead atoms. The van der Waals surface area contributed by atoms with Crippen LogP contribution in [0.1, 0.15) is 39.8 Å². The fourth-order valence-corrected chi connectivity index (χ4v) is 3.03. The maximum atomic E-state index is 12.1. The van der Waals surface area contributed by atoms with Crippen LogP contribution in [0.2, 0.25) is 0 Å². The molecule has 116 valence electrons. The first kappa shape index (κ1) is 15.6. The molecule has 7 heteroatoms. The summed E-state index contributed by atoms with van der Waals surface area (Å²) >= 11 is 1.22. The van der Waals surface area contributed by atoms with E-state index in [1.165, 1.54) is 29.1 Å². The number of hydrogen-bond acceptors (Lipinski definition) is 6. The highest BCUT2D eigenvalue weighted by Crippen LogP contribution is 2.38. The van der Waals surface area contributed by atoms with Crippen molar-refractivity contribution in [1.82, 2.24) is 4.90 Å². The molecule has 6 nitrogen and oxygen atoms in total. The summed E-state index contributed by atoms with van der Waals surface area (Å²) in [5, 5.41) is 3.86. The second kappa shape index (κ2) is 6.34. The van der Waals surface area contributed by atoms with Gasteiger partial charge in [0.25, 0.3) is 5.91 Å². The van der Waals surface area contributed by atoms with E-state index in [9.17, 15) is 9.59 Å².